The Balaban J connectivity index is 0.000000524. The second-order valence-corrected chi connectivity index (χ2v) is 25.7. The first-order valence-electron chi connectivity index (χ1n) is 32.6. The van der Waals surface area contributed by atoms with Crippen molar-refractivity contribution in [2.24, 2.45) is 0 Å². The van der Waals surface area contributed by atoms with Gasteiger partial charge in [0.2, 0.25) is 0 Å². The number of alkyl halides is 3. The molecule has 0 heterocycles. The molecule has 0 amide bonds. The molecular formula is C84H105Br2Cl2F5. The highest BCUT2D eigenvalue weighted by Crippen LogP contribution is 2.33. The van der Waals surface area contributed by atoms with Gasteiger partial charge < -0.3 is 0 Å². The summed E-state index contributed by atoms with van der Waals surface area (Å²) in [5.74, 6) is -0.179. The highest BCUT2D eigenvalue weighted by molar-refractivity contribution is 9.10. The van der Waals surface area contributed by atoms with Crippen LogP contribution in [0.25, 0.3) is 0 Å². The van der Waals surface area contributed by atoms with E-state index in [0.29, 0.717) is 17.5 Å². The lowest BCUT2D eigenvalue weighted by Crippen LogP contribution is -2.08. The molecule has 0 radical (unpaired) electrons. The lowest BCUT2D eigenvalue weighted by molar-refractivity contribution is -0.138. The molecule has 0 aliphatic heterocycles. The highest BCUT2D eigenvalue weighted by atomic mass is 79.9. The third-order valence-electron chi connectivity index (χ3n) is 15.5. The molecule has 0 aliphatic rings. The van der Waals surface area contributed by atoms with Gasteiger partial charge in [0.05, 0.1) is 5.56 Å². The Kier molecular flexibility index (Phi) is 41.7. The van der Waals surface area contributed by atoms with E-state index in [2.05, 4.69) is 212 Å². The molecule has 9 aromatic carbocycles. The molecule has 9 rings (SSSR count). The molecule has 9 aromatic rings. The standard InChI is InChI=1S/C10H11F3.2C10H14.2C9H11Br.2C9H11Cl.2C9H11F/c1-3-8-5-4-7(2)6-9(8)10(11,12)13;1-4-10-6-5-8(2)9(3)7-10;1-4-10-6-5-8(2)7-9(10)3;1-3-8-5-4-7(2)9(10)6-8;1-3-8-5-4-7(2)6-9(8)10;1-3-8-5-4-7(2)9(10)6-8;1-3-8-5-4-7(2)6-9(8)10;1-3-8-5-4-7(2)9(10)6-8;1-3-8-5-4-7(2)6-9(8)10/h4-6H,3H2,1-2H3;2*5-7H,4H2,1-3H3;6*4-6H,3H2,1-2H3. The monoisotopic (exact) mass is 1440 g/mol. The van der Waals surface area contributed by atoms with Gasteiger partial charge in [-0.25, -0.2) is 8.78 Å². The fourth-order valence-electron chi connectivity index (χ4n) is 8.91. The van der Waals surface area contributed by atoms with Crippen molar-refractivity contribution in [2.75, 3.05) is 0 Å². The maximum Gasteiger partial charge on any atom is 0.416 e. The van der Waals surface area contributed by atoms with Gasteiger partial charge in [0.1, 0.15) is 11.6 Å². The molecule has 0 saturated carbocycles. The topological polar surface area (TPSA) is 0 Å². The van der Waals surface area contributed by atoms with Crippen molar-refractivity contribution in [3.63, 3.8) is 0 Å². The molecule has 0 nitrogen and oxygen atoms in total. The van der Waals surface area contributed by atoms with Gasteiger partial charge in [-0.1, -0.05) is 250 Å². The summed E-state index contributed by atoms with van der Waals surface area (Å²) in [6, 6.07) is 53.7. The molecule has 0 N–H and O–H groups in total. The Bertz CT molecular complexity index is 3230. The van der Waals surface area contributed by atoms with E-state index in [9.17, 15) is 22.0 Å². The first-order chi connectivity index (χ1) is 43.8. The van der Waals surface area contributed by atoms with Gasteiger partial charge in [-0.3, -0.25) is 0 Å². The minimum absolute atomic E-state index is 0.0810. The lowest BCUT2D eigenvalue weighted by atomic mass is 10.0. The maximum atomic E-state index is 12.9. The lowest BCUT2D eigenvalue weighted by Gasteiger charge is -2.11. The summed E-state index contributed by atoms with van der Waals surface area (Å²) in [5.41, 5.74) is 22.8. The Labute approximate surface area is 586 Å². The predicted molar refractivity (Wildman–Crippen MR) is 405 cm³/mol. The third-order valence-corrected chi connectivity index (χ3v) is 17.9. The fourth-order valence-corrected chi connectivity index (χ4v) is 10.7. The fraction of sp³-hybridized carbons (Fsp3) is 0.357. The van der Waals surface area contributed by atoms with Gasteiger partial charge in [-0.2, -0.15) is 13.2 Å². The van der Waals surface area contributed by atoms with Crippen LogP contribution in [-0.2, 0) is 64.0 Å². The Morgan fingerprint density at radius 3 is 1.09 bits per heavy atom. The minimum Gasteiger partial charge on any atom is -0.207 e. The molecule has 0 spiro atoms. The SMILES string of the molecule is CCc1ccc(C)c(Br)c1.CCc1ccc(C)c(C)c1.CCc1ccc(C)c(Cl)c1.CCc1ccc(C)c(F)c1.CCc1ccc(C)cc1Br.CCc1ccc(C)cc1C.CCc1ccc(C)cc1C(F)(F)F.CCc1ccc(C)cc1Cl.CCc1ccc(C)cc1F. The first-order valence-corrected chi connectivity index (χ1v) is 35.0. The van der Waals surface area contributed by atoms with Crippen LogP contribution in [0.15, 0.2) is 173 Å². The zero-order valence-electron chi connectivity index (χ0n) is 59.4. The van der Waals surface area contributed by atoms with Crippen LogP contribution in [0, 0.1) is 87.8 Å². The van der Waals surface area contributed by atoms with Crippen molar-refractivity contribution < 1.29 is 22.0 Å². The number of aryl methyl sites for hydroxylation is 20. The van der Waals surface area contributed by atoms with Crippen LogP contribution in [0.4, 0.5) is 22.0 Å². The molecule has 504 valence electrons. The molecule has 0 fully saturated rings. The van der Waals surface area contributed by atoms with E-state index in [1.165, 1.54) is 93.4 Å². The summed E-state index contributed by atoms with van der Waals surface area (Å²) in [6.45, 7) is 40.8. The van der Waals surface area contributed by atoms with Gasteiger partial charge in [0, 0.05) is 19.0 Å². The van der Waals surface area contributed by atoms with E-state index in [1.807, 2.05) is 71.0 Å². The minimum atomic E-state index is -4.22. The van der Waals surface area contributed by atoms with E-state index in [0.717, 1.165) is 89.2 Å². The number of benzene rings is 9. The van der Waals surface area contributed by atoms with Crippen LogP contribution in [-0.4, -0.2) is 0 Å². The summed E-state index contributed by atoms with van der Waals surface area (Å²) in [5, 5.41) is 1.77. The Hall–Kier alpha value is -5.83. The van der Waals surface area contributed by atoms with Gasteiger partial charge in [0.25, 0.3) is 0 Å². The molecule has 9 heteroatoms. The number of hydrogen-bond acceptors (Lipinski definition) is 0. The van der Waals surface area contributed by atoms with Crippen molar-refractivity contribution in [3.05, 3.63) is 311 Å². The second kappa shape index (κ2) is 45.5. The van der Waals surface area contributed by atoms with Gasteiger partial charge in [0.15, 0.2) is 0 Å². The Morgan fingerprint density at radius 1 is 0.280 bits per heavy atom. The largest absolute Gasteiger partial charge is 0.416 e. The van der Waals surface area contributed by atoms with E-state index < -0.39 is 11.7 Å². The summed E-state index contributed by atoms with van der Waals surface area (Å²) in [6.07, 6.45) is 4.42. The molecule has 93 heavy (non-hydrogen) atoms. The van der Waals surface area contributed by atoms with Crippen molar-refractivity contribution in [2.45, 2.75) is 202 Å². The van der Waals surface area contributed by atoms with Crippen LogP contribution < -0.4 is 0 Å². The van der Waals surface area contributed by atoms with E-state index in [1.54, 1.807) is 39.0 Å². The van der Waals surface area contributed by atoms with Crippen molar-refractivity contribution in [3.8, 4) is 0 Å². The second-order valence-electron chi connectivity index (χ2n) is 23.2. The van der Waals surface area contributed by atoms with E-state index in [4.69, 9.17) is 23.2 Å². The molecule has 0 bridgehead atoms. The summed E-state index contributed by atoms with van der Waals surface area (Å²) in [4.78, 5) is 0. The van der Waals surface area contributed by atoms with Gasteiger partial charge >= 0.3 is 6.18 Å². The Morgan fingerprint density at radius 2 is 0.667 bits per heavy atom. The summed E-state index contributed by atoms with van der Waals surface area (Å²) >= 11 is 18.8. The van der Waals surface area contributed by atoms with E-state index in [-0.39, 0.29) is 11.6 Å². The van der Waals surface area contributed by atoms with E-state index >= 15 is 0 Å². The molecule has 0 saturated heterocycles. The average Bonchev–Trinajstić information content (AvgIpc) is 1.10. The quantitative estimate of drug-likeness (QED) is 0.126. The van der Waals surface area contributed by atoms with Crippen molar-refractivity contribution in [1.29, 1.82) is 0 Å². The summed E-state index contributed by atoms with van der Waals surface area (Å²) in [7, 11) is 0. The smallest absolute Gasteiger partial charge is 0.207 e. The zero-order valence-corrected chi connectivity index (χ0v) is 64.0. The average molecular weight is 1440 g/mol. The van der Waals surface area contributed by atoms with Gasteiger partial charge in [-0.05, 0) is 277 Å². The highest BCUT2D eigenvalue weighted by Gasteiger charge is 2.32. The molecule has 0 aromatic heterocycles. The van der Waals surface area contributed by atoms with Crippen LogP contribution in [0.2, 0.25) is 10.0 Å². The predicted octanol–water partition coefficient (Wildman–Crippen LogP) is 27.8. The van der Waals surface area contributed by atoms with Crippen LogP contribution in [0.1, 0.15) is 179 Å². The van der Waals surface area contributed by atoms with Gasteiger partial charge in [-0.15, -0.1) is 0 Å². The maximum absolute atomic E-state index is 12.9. The molecular weight excluding hydrogens is 1330 g/mol. The molecule has 0 unspecified atom stereocenters. The first kappa shape index (κ1) is 85.2. The van der Waals surface area contributed by atoms with Crippen LogP contribution >= 0.6 is 55.1 Å². The zero-order chi connectivity index (χ0) is 70.5. The third kappa shape index (κ3) is 33.4. The van der Waals surface area contributed by atoms with Crippen LogP contribution in [0.5, 0.6) is 0 Å². The number of hydrogen-bond donors (Lipinski definition) is 0. The summed E-state index contributed by atoms with van der Waals surface area (Å²) < 4.78 is 65.3. The van der Waals surface area contributed by atoms with Crippen molar-refractivity contribution >= 4 is 55.1 Å². The number of halogens is 9. The van der Waals surface area contributed by atoms with Crippen LogP contribution in [0.3, 0.4) is 0 Å². The normalized spacial score (nSPS) is 10.2. The number of rotatable bonds is 9. The van der Waals surface area contributed by atoms with Crippen molar-refractivity contribution in [1.82, 2.24) is 0 Å². The molecule has 0 atom stereocenters. The molecule has 0 aliphatic carbocycles.